The SMILES string of the molecule is Cc1cc2c(O)cc3c(c2c2c1OCC2)-c1ccccc1C31CC(C)(C)CC(C)(C)C1. The Kier molecular flexibility index (Phi) is 3.63. The molecule has 1 N–H and O–H groups in total. The van der Waals surface area contributed by atoms with E-state index in [4.69, 9.17) is 4.74 Å². The number of ether oxygens (including phenoxy) is 1. The van der Waals surface area contributed by atoms with Crippen molar-refractivity contribution in [1.29, 1.82) is 0 Å². The summed E-state index contributed by atoms with van der Waals surface area (Å²) < 4.78 is 6.05. The van der Waals surface area contributed by atoms with Crippen LogP contribution >= 0.6 is 0 Å². The average molecular weight is 413 g/mol. The highest BCUT2D eigenvalue weighted by molar-refractivity contribution is 6.08. The average Bonchev–Trinajstić information content (AvgIpc) is 3.24. The summed E-state index contributed by atoms with van der Waals surface area (Å²) in [6, 6.07) is 13.2. The van der Waals surface area contributed by atoms with Crippen molar-refractivity contribution in [1.82, 2.24) is 0 Å². The minimum Gasteiger partial charge on any atom is -0.507 e. The summed E-state index contributed by atoms with van der Waals surface area (Å²) in [6.07, 6.45) is 4.36. The van der Waals surface area contributed by atoms with Gasteiger partial charge < -0.3 is 9.84 Å². The fourth-order valence-corrected chi connectivity index (χ4v) is 7.89. The van der Waals surface area contributed by atoms with E-state index in [0.29, 0.717) is 5.75 Å². The number of hydrogen-bond donors (Lipinski definition) is 1. The molecule has 1 spiro atoms. The third kappa shape index (κ3) is 2.51. The summed E-state index contributed by atoms with van der Waals surface area (Å²) in [4.78, 5) is 0. The fraction of sp³-hybridized carbons (Fsp3) is 0.448. The lowest BCUT2D eigenvalue weighted by Crippen LogP contribution is -2.43. The van der Waals surface area contributed by atoms with Crippen LogP contribution in [0.15, 0.2) is 36.4 Å². The van der Waals surface area contributed by atoms with Crippen molar-refractivity contribution < 1.29 is 9.84 Å². The number of fused-ring (bicyclic) bond motifs is 9. The highest BCUT2D eigenvalue weighted by atomic mass is 16.5. The third-order valence-corrected chi connectivity index (χ3v) is 7.98. The van der Waals surface area contributed by atoms with Crippen molar-refractivity contribution in [2.75, 3.05) is 6.61 Å². The summed E-state index contributed by atoms with van der Waals surface area (Å²) in [5.74, 6) is 1.45. The second-order valence-electron chi connectivity index (χ2n) is 11.8. The number of hydrogen-bond acceptors (Lipinski definition) is 2. The summed E-state index contributed by atoms with van der Waals surface area (Å²) >= 11 is 0. The summed E-state index contributed by atoms with van der Waals surface area (Å²) in [6.45, 7) is 12.5. The van der Waals surface area contributed by atoms with E-state index in [1.807, 2.05) is 0 Å². The van der Waals surface area contributed by atoms with Gasteiger partial charge in [-0.2, -0.15) is 0 Å². The molecule has 3 aromatic carbocycles. The predicted molar refractivity (Wildman–Crippen MR) is 127 cm³/mol. The first-order chi connectivity index (χ1) is 14.6. The maximum Gasteiger partial charge on any atom is 0.126 e. The van der Waals surface area contributed by atoms with Crippen LogP contribution in [0.2, 0.25) is 0 Å². The van der Waals surface area contributed by atoms with Gasteiger partial charge in [0.25, 0.3) is 0 Å². The van der Waals surface area contributed by atoms with Gasteiger partial charge in [-0.15, -0.1) is 0 Å². The van der Waals surface area contributed by atoms with Crippen LogP contribution in [0.1, 0.15) is 69.2 Å². The minimum absolute atomic E-state index is 0.0555. The number of benzene rings is 3. The van der Waals surface area contributed by atoms with Gasteiger partial charge in [-0.05, 0) is 77.0 Å². The molecule has 0 unspecified atom stereocenters. The van der Waals surface area contributed by atoms with Crippen LogP contribution in [0.4, 0.5) is 0 Å². The first kappa shape index (κ1) is 19.2. The molecule has 1 fully saturated rings. The number of rotatable bonds is 0. The molecule has 0 saturated heterocycles. The molecule has 1 heterocycles. The van der Waals surface area contributed by atoms with Crippen molar-refractivity contribution in [3.05, 3.63) is 58.7 Å². The molecule has 0 bridgehead atoms. The van der Waals surface area contributed by atoms with Crippen LogP contribution in [0.3, 0.4) is 0 Å². The Morgan fingerprint density at radius 2 is 1.61 bits per heavy atom. The smallest absolute Gasteiger partial charge is 0.126 e. The molecule has 0 atom stereocenters. The van der Waals surface area contributed by atoms with E-state index in [9.17, 15) is 5.11 Å². The van der Waals surface area contributed by atoms with Crippen LogP contribution in [0, 0.1) is 17.8 Å². The van der Waals surface area contributed by atoms with Crippen molar-refractivity contribution in [3.8, 4) is 22.6 Å². The van der Waals surface area contributed by atoms with Gasteiger partial charge >= 0.3 is 0 Å². The first-order valence-corrected chi connectivity index (χ1v) is 11.7. The van der Waals surface area contributed by atoms with E-state index < -0.39 is 0 Å². The maximum absolute atomic E-state index is 11.3. The Morgan fingerprint density at radius 3 is 2.35 bits per heavy atom. The van der Waals surface area contributed by atoms with Crippen molar-refractivity contribution in [3.63, 3.8) is 0 Å². The van der Waals surface area contributed by atoms with Crippen LogP contribution in [0.25, 0.3) is 21.9 Å². The highest BCUT2D eigenvalue weighted by Crippen LogP contribution is 2.65. The van der Waals surface area contributed by atoms with Crippen molar-refractivity contribution in [2.45, 2.75) is 65.7 Å². The summed E-state index contributed by atoms with van der Waals surface area (Å²) in [5.41, 5.74) is 8.30. The number of phenols is 1. The van der Waals surface area contributed by atoms with Crippen LogP contribution < -0.4 is 4.74 Å². The van der Waals surface area contributed by atoms with E-state index in [-0.39, 0.29) is 16.2 Å². The molecule has 2 nitrogen and oxygen atoms in total. The lowest BCUT2D eigenvalue weighted by Gasteiger charge is -2.51. The Morgan fingerprint density at radius 1 is 0.903 bits per heavy atom. The van der Waals surface area contributed by atoms with Gasteiger partial charge in [0, 0.05) is 28.2 Å². The first-order valence-electron chi connectivity index (χ1n) is 11.7. The van der Waals surface area contributed by atoms with Gasteiger partial charge in [0.2, 0.25) is 0 Å². The number of phenolic OH excluding ortho intramolecular Hbond substituents is 1. The Balaban J connectivity index is 1.77. The normalized spacial score (nSPS) is 21.6. The zero-order chi connectivity index (χ0) is 21.8. The molecule has 0 radical (unpaired) electrons. The molecule has 1 aliphatic heterocycles. The molecule has 0 aromatic heterocycles. The zero-order valence-corrected chi connectivity index (χ0v) is 19.4. The van der Waals surface area contributed by atoms with Gasteiger partial charge in [-0.3, -0.25) is 0 Å². The quantitative estimate of drug-likeness (QED) is 0.420. The molecule has 2 aliphatic carbocycles. The topological polar surface area (TPSA) is 29.5 Å². The van der Waals surface area contributed by atoms with E-state index in [0.717, 1.165) is 42.6 Å². The molecule has 3 aromatic rings. The van der Waals surface area contributed by atoms with E-state index in [1.165, 1.54) is 39.6 Å². The number of aromatic hydroxyl groups is 1. The second kappa shape index (κ2) is 5.85. The van der Waals surface area contributed by atoms with Gasteiger partial charge in [-0.25, -0.2) is 0 Å². The van der Waals surface area contributed by atoms with Gasteiger partial charge in [0.15, 0.2) is 0 Å². The molecule has 1 saturated carbocycles. The van der Waals surface area contributed by atoms with Crippen molar-refractivity contribution >= 4 is 10.8 Å². The van der Waals surface area contributed by atoms with E-state index >= 15 is 0 Å². The lowest BCUT2D eigenvalue weighted by molar-refractivity contribution is 0.0645. The van der Waals surface area contributed by atoms with Crippen molar-refractivity contribution in [2.24, 2.45) is 10.8 Å². The third-order valence-electron chi connectivity index (χ3n) is 7.98. The summed E-state index contributed by atoms with van der Waals surface area (Å²) in [5, 5.41) is 13.5. The Labute approximate surface area is 185 Å². The Bertz CT molecular complexity index is 1250. The maximum atomic E-state index is 11.3. The molecule has 2 heteroatoms. The highest BCUT2D eigenvalue weighted by Gasteiger charge is 2.53. The Hall–Kier alpha value is -2.48. The van der Waals surface area contributed by atoms with Crippen LogP contribution in [-0.4, -0.2) is 11.7 Å². The minimum atomic E-state index is -0.0555. The van der Waals surface area contributed by atoms with Gasteiger partial charge in [-0.1, -0.05) is 52.0 Å². The van der Waals surface area contributed by atoms with Gasteiger partial charge in [0.1, 0.15) is 11.5 Å². The van der Waals surface area contributed by atoms with Gasteiger partial charge in [0.05, 0.1) is 6.61 Å². The molecular weight excluding hydrogens is 380 g/mol. The van der Waals surface area contributed by atoms with E-state index in [2.05, 4.69) is 71.0 Å². The monoisotopic (exact) mass is 412 g/mol. The molecule has 31 heavy (non-hydrogen) atoms. The molecular formula is C29H32O2. The summed E-state index contributed by atoms with van der Waals surface area (Å²) in [7, 11) is 0. The largest absolute Gasteiger partial charge is 0.507 e. The lowest BCUT2D eigenvalue weighted by atomic mass is 9.52. The molecule has 3 aliphatic rings. The van der Waals surface area contributed by atoms with Crippen LogP contribution in [0.5, 0.6) is 11.5 Å². The van der Waals surface area contributed by atoms with Crippen LogP contribution in [-0.2, 0) is 11.8 Å². The standard InChI is InChI=1S/C29H32O2/c1-17-12-20-23(30)13-22-25(24(20)19-10-11-31-26(17)19)18-8-6-7-9-21(18)29(22)15-27(2,3)14-28(4,5)16-29/h6-9,12-13,30H,10-11,14-16H2,1-5H3. The van der Waals surface area contributed by atoms with E-state index in [1.54, 1.807) is 0 Å². The molecule has 0 amide bonds. The second-order valence-corrected chi connectivity index (χ2v) is 11.8. The number of aryl methyl sites for hydroxylation is 1. The predicted octanol–water partition coefficient (Wildman–Crippen LogP) is 7.29. The molecule has 6 rings (SSSR count). The zero-order valence-electron chi connectivity index (χ0n) is 19.4. The fourth-order valence-electron chi connectivity index (χ4n) is 7.89. The molecule has 160 valence electrons.